The molecule has 1 aliphatic carbocycles. The predicted molar refractivity (Wildman–Crippen MR) is 62.8 cm³/mol. The smallest absolute Gasteiger partial charge is 0.0171 e. The minimum Gasteiger partial charge on any atom is -0.317 e. The minimum absolute atomic E-state index is 0.468. The molecule has 1 spiro atoms. The van der Waals surface area contributed by atoms with Crippen LogP contribution in [-0.2, 0) is 0 Å². The summed E-state index contributed by atoms with van der Waals surface area (Å²) < 4.78 is 0. The lowest BCUT2D eigenvalue weighted by molar-refractivity contribution is 0.235. The van der Waals surface area contributed by atoms with E-state index in [2.05, 4.69) is 22.8 Å². The Bertz CT molecular complexity index is 308. The van der Waals surface area contributed by atoms with Crippen LogP contribution in [0, 0.1) is 5.41 Å². The van der Waals surface area contributed by atoms with Crippen molar-refractivity contribution in [2.24, 2.45) is 5.41 Å². The van der Waals surface area contributed by atoms with Gasteiger partial charge in [0.1, 0.15) is 0 Å². The lowest BCUT2D eigenvalue weighted by Gasteiger charge is -2.44. The van der Waals surface area contributed by atoms with Crippen molar-refractivity contribution in [3.05, 3.63) is 23.3 Å². The van der Waals surface area contributed by atoms with Crippen LogP contribution in [0.25, 0.3) is 0 Å². The van der Waals surface area contributed by atoms with Crippen molar-refractivity contribution in [3.8, 4) is 0 Å². The van der Waals surface area contributed by atoms with E-state index in [4.69, 9.17) is 0 Å². The van der Waals surface area contributed by atoms with Crippen LogP contribution in [0.2, 0.25) is 0 Å². The standard InChI is InChI=1S/C13H20N2/c1-2-4-12-11(3-1)9-15-10-13(12)5-7-14-8-6-13/h2,4,14-15H,1,3,5-10H2. The van der Waals surface area contributed by atoms with Crippen LogP contribution in [0.4, 0.5) is 0 Å². The first-order chi connectivity index (χ1) is 7.41. The van der Waals surface area contributed by atoms with Crippen LogP contribution in [-0.4, -0.2) is 26.2 Å². The first kappa shape index (κ1) is 9.61. The van der Waals surface area contributed by atoms with Crippen LogP contribution in [0.15, 0.2) is 23.3 Å². The minimum atomic E-state index is 0.468. The van der Waals surface area contributed by atoms with Gasteiger partial charge < -0.3 is 10.6 Å². The van der Waals surface area contributed by atoms with E-state index in [1.807, 2.05) is 0 Å². The molecule has 2 N–H and O–H groups in total. The van der Waals surface area contributed by atoms with Gasteiger partial charge in [0.2, 0.25) is 0 Å². The Morgan fingerprint density at radius 1 is 1.13 bits per heavy atom. The Hall–Kier alpha value is -0.600. The normalized spacial score (nSPS) is 29.3. The maximum Gasteiger partial charge on any atom is 0.0171 e. The maximum atomic E-state index is 3.62. The zero-order valence-electron chi connectivity index (χ0n) is 9.31. The van der Waals surface area contributed by atoms with Crippen molar-refractivity contribution in [3.63, 3.8) is 0 Å². The highest BCUT2D eigenvalue weighted by Gasteiger charge is 2.38. The molecule has 0 saturated carbocycles. The van der Waals surface area contributed by atoms with Gasteiger partial charge in [0.05, 0.1) is 0 Å². The maximum absolute atomic E-state index is 3.62. The number of fused-ring (bicyclic) bond motifs is 1. The van der Waals surface area contributed by atoms with Crippen molar-refractivity contribution in [2.45, 2.75) is 25.7 Å². The first-order valence-corrected chi connectivity index (χ1v) is 6.21. The number of hydrogen-bond acceptors (Lipinski definition) is 2. The Kier molecular flexibility index (Phi) is 2.41. The average molecular weight is 204 g/mol. The number of rotatable bonds is 0. The SMILES string of the molecule is C1=CC2=C(CC1)CNCC21CCNCC1. The Labute approximate surface area is 91.8 Å². The molecule has 82 valence electrons. The molecule has 1 saturated heterocycles. The summed E-state index contributed by atoms with van der Waals surface area (Å²) in [5.41, 5.74) is 3.84. The molecule has 2 heteroatoms. The third kappa shape index (κ3) is 1.56. The van der Waals surface area contributed by atoms with Gasteiger partial charge in [-0.1, -0.05) is 17.7 Å². The summed E-state index contributed by atoms with van der Waals surface area (Å²) in [6.45, 7) is 4.70. The third-order valence-corrected chi connectivity index (χ3v) is 4.21. The van der Waals surface area contributed by atoms with Gasteiger partial charge in [0.15, 0.2) is 0 Å². The summed E-state index contributed by atoms with van der Waals surface area (Å²) >= 11 is 0. The Morgan fingerprint density at radius 3 is 2.87 bits per heavy atom. The topological polar surface area (TPSA) is 24.1 Å². The number of piperidine rings is 1. The van der Waals surface area contributed by atoms with Gasteiger partial charge in [-0.15, -0.1) is 0 Å². The summed E-state index contributed by atoms with van der Waals surface area (Å²) in [4.78, 5) is 0. The van der Waals surface area contributed by atoms with Gasteiger partial charge >= 0.3 is 0 Å². The molecule has 0 unspecified atom stereocenters. The van der Waals surface area contributed by atoms with Gasteiger partial charge in [0, 0.05) is 18.5 Å². The van der Waals surface area contributed by atoms with Crippen molar-refractivity contribution in [2.75, 3.05) is 26.2 Å². The highest BCUT2D eigenvalue weighted by molar-refractivity contribution is 5.39. The summed E-state index contributed by atoms with van der Waals surface area (Å²) in [6, 6.07) is 0. The van der Waals surface area contributed by atoms with Crippen LogP contribution in [0.5, 0.6) is 0 Å². The summed E-state index contributed by atoms with van der Waals surface area (Å²) in [5.74, 6) is 0. The molecule has 0 aromatic carbocycles. The highest BCUT2D eigenvalue weighted by Crippen LogP contribution is 2.42. The molecule has 15 heavy (non-hydrogen) atoms. The Morgan fingerprint density at radius 2 is 2.00 bits per heavy atom. The molecule has 0 aromatic rings. The second-order valence-electron chi connectivity index (χ2n) is 5.09. The van der Waals surface area contributed by atoms with Gasteiger partial charge in [-0.05, 0) is 44.3 Å². The molecular formula is C13H20N2. The highest BCUT2D eigenvalue weighted by atomic mass is 14.9. The van der Waals surface area contributed by atoms with Crippen LogP contribution in [0.3, 0.4) is 0 Å². The van der Waals surface area contributed by atoms with E-state index in [1.165, 1.54) is 45.3 Å². The van der Waals surface area contributed by atoms with Crippen molar-refractivity contribution in [1.29, 1.82) is 0 Å². The first-order valence-electron chi connectivity index (χ1n) is 6.21. The number of nitrogens with one attached hydrogen (secondary N) is 2. The second kappa shape index (κ2) is 3.76. The van der Waals surface area contributed by atoms with E-state index >= 15 is 0 Å². The van der Waals surface area contributed by atoms with E-state index < -0.39 is 0 Å². The van der Waals surface area contributed by atoms with Crippen molar-refractivity contribution in [1.82, 2.24) is 10.6 Å². The lowest BCUT2D eigenvalue weighted by atomic mass is 9.67. The largest absolute Gasteiger partial charge is 0.317 e. The van der Waals surface area contributed by atoms with Crippen LogP contribution in [0.1, 0.15) is 25.7 Å². The van der Waals surface area contributed by atoms with Gasteiger partial charge in [-0.2, -0.15) is 0 Å². The van der Waals surface area contributed by atoms with E-state index in [-0.39, 0.29) is 0 Å². The molecule has 1 fully saturated rings. The van der Waals surface area contributed by atoms with Crippen LogP contribution < -0.4 is 10.6 Å². The van der Waals surface area contributed by atoms with Gasteiger partial charge in [0.25, 0.3) is 0 Å². The molecule has 3 aliphatic rings. The average Bonchev–Trinajstić information content (AvgIpc) is 2.31. The number of allylic oxidation sites excluding steroid dienone is 2. The zero-order valence-corrected chi connectivity index (χ0v) is 9.31. The third-order valence-electron chi connectivity index (χ3n) is 4.21. The molecule has 0 aromatic heterocycles. The Balaban J connectivity index is 1.96. The monoisotopic (exact) mass is 204 g/mol. The van der Waals surface area contributed by atoms with Gasteiger partial charge in [-0.25, -0.2) is 0 Å². The van der Waals surface area contributed by atoms with Crippen molar-refractivity contribution >= 4 is 0 Å². The van der Waals surface area contributed by atoms with E-state index in [0.717, 1.165) is 6.54 Å². The number of hydrogen-bond donors (Lipinski definition) is 2. The van der Waals surface area contributed by atoms with Crippen LogP contribution >= 0.6 is 0 Å². The molecule has 2 nitrogen and oxygen atoms in total. The molecule has 0 bridgehead atoms. The molecule has 3 rings (SSSR count). The van der Waals surface area contributed by atoms with Gasteiger partial charge in [-0.3, -0.25) is 0 Å². The molecule has 2 heterocycles. The summed E-state index contributed by atoms with van der Waals surface area (Å²) in [6.07, 6.45) is 9.94. The predicted octanol–water partition coefficient (Wildman–Crippen LogP) is 1.61. The fourth-order valence-corrected chi connectivity index (χ4v) is 3.35. The molecule has 2 aliphatic heterocycles. The summed E-state index contributed by atoms with van der Waals surface area (Å²) in [5, 5.41) is 7.10. The van der Waals surface area contributed by atoms with Crippen molar-refractivity contribution < 1.29 is 0 Å². The lowest BCUT2D eigenvalue weighted by Crippen LogP contribution is -2.48. The quantitative estimate of drug-likeness (QED) is 0.626. The van der Waals surface area contributed by atoms with E-state index in [0.29, 0.717) is 5.41 Å². The fraction of sp³-hybridized carbons (Fsp3) is 0.692. The molecule has 0 amide bonds. The summed E-state index contributed by atoms with van der Waals surface area (Å²) in [7, 11) is 0. The molecule has 0 radical (unpaired) electrons. The second-order valence-corrected chi connectivity index (χ2v) is 5.09. The van der Waals surface area contributed by atoms with E-state index in [9.17, 15) is 0 Å². The molecular weight excluding hydrogens is 184 g/mol. The molecule has 0 atom stereocenters. The zero-order chi connectivity index (χ0) is 10.1. The van der Waals surface area contributed by atoms with E-state index in [1.54, 1.807) is 11.1 Å². The fourth-order valence-electron chi connectivity index (χ4n) is 3.35.